The van der Waals surface area contributed by atoms with Crippen molar-refractivity contribution in [2.75, 3.05) is 14.2 Å². The van der Waals surface area contributed by atoms with E-state index in [9.17, 15) is 9.59 Å². The zero-order chi connectivity index (χ0) is 25.6. The molecule has 1 amide bonds. The van der Waals surface area contributed by atoms with Crippen LogP contribution in [0.1, 0.15) is 86.5 Å². The summed E-state index contributed by atoms with van der Waals surface area (Å²) in [6, 6.07) is 0. The number of nitrogens with one attached hydrogen (secondary N) is 1. The summed E-state index contributed by atoms with van der Waals surface area (Å²) in [5.74, 6) is 0.897. The smallest absolute Gasteiger partial charge is 0.302 e. The Balaban J connectivity index is 1.68. The minimum absolute atomic E-state index is 0.0326. The Labute approximate surface area is 210 Å². The molecule has 0 saturated heterocycles. The predicted molar refractivity (Wildman–Crippen MR) is 133 cm³/mol. The molecule has 5 aliphatic rings. The summed E-state index contributed by atoms with van der Waals surface area (Å²) < 4.78 is 17.9. The van der Waals surface area contributed by atoms with E-state index >= 15 is 0 Å². The number of carbonyl (C=O) groups is 2. The van der Waals surface area contributed by atoms with Crippen LogP contribution in [0.25, 0.3) is 0 Å². The molecule has 9 atom stereocenters. The van der Waals surface area contributed by atoms with E-state index in [1.54, 1.807) is 14.2 Å². The fraction of sp³-hybridized carbons (Fsp3) is 0.862. The first-order valence-electron chi connectivity index (χ1n) is 13.6. The van der Waals surface area contributed by atoms with Crippen LogP contribution < -0.4 is 5.32 Å². The Morgan fingerprint density at radius 3 is 2.23 bits per heavy atom. The van der Waals surface area contributed by atoms with Crippen LogP contribution in [-0.2, 0) is 23.8 Å². The van der Waals surface area contributed by atoms with Gasteiger partial charge in [0.1, 0.15) is 6.10 Å². The highest BCUT2D eigenvalue weighted by atomic mass is 16.5. The maximum absolute atomic E-state index is 13.5. The molecule has 0 bridgehead atoms. The Bertz CT molecular complexity index is 957. The molecule has 0 aromatic heterocycles. The van der Waals surface area contributed by atoms with E-state index in [4.69, 9.17) is 14.2 Å². The van der Waals surface area contributed by atoms with Crippen molar-refractivity contribution in [2.24, 2.45) is 39.4 Å². The molecule has 0 radical (unpaired) electrons. The van der Waals surface area contributed by atoms with E-state index in [1.807, 2.05) is 0 Å². The van der Waals surface area contributed by atoms with E-state index in [0.29, 0.717) is 17.3 Å². The van der Waals surface area contributed by atoms with Crippen LogP contribution in [0, 0.1) is 39.4 Å². The first-order valence-corrected chi connectivity index (χ1v) is 13.6. The minimum atomic E-state index is -0.577. The van der Waals surface area contributed by atoms with Crippen LogP contribution in [0.5, 0.6) is 0 Å². The van der Waals surface area contributed by atoms with Gasteiger partial charge in [-0.3, -0.25) is 9.59 Å². The monoisotopic (exact) mass is 487 g/mol. The third-order valence-corrected chi connectivity index (χ3v) is 11.7. The maximum atomic E-state index is 13.5. The van der Waals surface area contributed by atoms with Crippen molar-refractivity contribution in [2.45, 2.75) is 105 Å². The molecule has 6 nitrogen and oxygen atoms in total. The summed E-state index contributed by atoms with van der Waals surface area (Å²) in [4.78, 5) is 26.0. The number of hydrogen-bond donors (Lipinski definition) is 1. The number of esters is 1. The average Bonchev–Trinajstić information content (AvgIpc) is 3.11. The summed E-state index contributed by atoms with van der Waals surface area (Å²) in [5, 5.41) is 3.03. The number of rotatable bonds is 3. The Kier molecular flexibility index (Phi) is 5.81. The van der Waals surface area contributed by atoms with Crippen molar-refractivity contribution in [3.8, 4) is 0 Å². The second-order valence-corrected chi connectivity index (χ2v) is 13.5. The maximum Gasteiger partial charge on any atom is 0.302 e. The zero-order valence-electron chi connectivity index (χ0n) is 23.0. The first-order chi connectivity index (χ1) is 16.3. The van der Waals surface area contributed by atoms with Gasteiger partial charge in [0.25, 0.3) is 0 Å². The molecule has 1 N–H and O–H groups in total. The van der Waals surface area contributed by atoms with Crippen molar-refractivity contribution >= 4 is 11.9 Å². The third kappa shape index (κ3) is 3.27. The van der Waals surface area contributed by atoms with Crippen LogP contribution >= 0.6 is 0 Å². The van der Waals surface area contributed by atoms with E-state index in [1.165, 1.54) is 32.6 Å². The van der Waals surface area contributed by atoms with Crippen LogP contribution in [0.15, 0.2) is 11.1 Å². The van der Waals surface area contributed by atoms with Crippen LogP contribution in [0.4, 0.5) is 0 Å². The highest BCUT2D eigenvalue weighted by molar-refractivity contribution is 5.99. The normalized spacial score (nSPS) is 48.3. The number of carbonyl (C=O) groups excluding carboxylic acids is 2. The summed E-state index contributed by atoms with van der Waals surface area (Å²) in [5.41, 5.74) is 1.61. The standard InChI is InChI=1S/C29H45NO5/c1-16(31)35-21-15-19-27(4)12-9-11-26(2,3)18(27)10-13-28(19,5)20-14-17(33-7)22-23(29(20,21)6)24(32)30-25(22)34-8/h17-21,25H,9-15H2,1-8H3,(H,30,32). The van der Waals surface area contributed by atoms with Crippen LogP contribution in [-0.4, -0.2) is 44.5 Å². The van der Waals surface area contributed by atoms with Gasteiger partial charge in [0.2, 0.25) is 5.91 Å². The van der Waals surface area contributed by atoms with Gasteiger partial charge in [-0.25, -0.2) is 0 Å². The van der Waals surface area contributed by atoms with Crippen molar-refractivity contribution < 1.29 is 23.8 Å². The predicted octanol–water partition coefficient (Wildman–Crippen LogP) is 5.01. The molecule has 35 heavy (non-hydrogen) atoms. The SMILES string of the molecule is COC1CC2C3(C)CCC4C(C)(C)CCCC4(C)C3CC(OC(C)=O)C2(C)C2=C1C(OC)NC2=O. The summed E-state index contributed by atoms with van der Waals surface area (Å²) in [7, 11) is 3.36. The van der Waals surface area contributed by atoms with Gasteiger partial charge in [0.15, 0.2) is 6.23 Å². The fourth-order valence-corrected chi connectivity index (χ4v) is 10.4. The molecule has 1 aliphatic heterocycles. The van der Waals surface area contributed by atoms with E-state index in [0.717, 1.165) is 30.4 Å². The Morgan fingerprint density at radius 1 is 0.914 bits per heavy atom. The number of fused-ring (bicyclic) bond motifs is 6. The molecule has 3 fully saturated rings. The van der Waals surface area contributed by atoms with Crippen LogP contribution in [0.2, 0.25) is 0 Å². The van der Waals surface area contributed by atoms with Gasteiger partial charge in [0.05, 0.1) is 6.10 Å². The highest BCUT2D eigenvalue weighted by Gasteiger charge is 2.70. The number of ether oxygens (including phenoxy) is 3. The topological polar surface area (TPSA) is 73.9 Å². The third-order valence-electron chi connectivity index (χ3n) is 11.7. The van der Waals surface area contributed by atoms with Gasteiger partial charge in [-0.1, -0.05) is 41.0 Å². The van der Waals surface area contributed by atoms with Crippen molar-refractivity contribution in [3.05, 3.63) is 11.1 Å². The lowest BCUT2D eigenvalue weighted by atomic mass is 9.35. The van der Waals surface area contributed by atoms with E-state index < -0.39 is 11.6 Å². The zero-order valence-corrected chi connectivity index (χ0v) is 23.0. The molecule has 0 aromatic carbocycles. The molecule has 9 unspecified atom stereocenters. The molecular weight excluding hydrogens is 442 g/mol. The second kappa shape index (κ2) is 8.05. The lowest BCUT2D eigenvalue weighted by Gasteiger charge is -2.70. The van der Waals surface area contributed by atoms with Crippen LogP contribution in [0.3, 0.4) is 0 Å². The van der Waals surface area contributed by atoms with E-state index in [2.05, 4.69) is 39.9 Å². The van der Waals surface area contributed by atoms with E-state index in [-0.39, 0.29) is 40.8 Å². The molecule has 4 aliphatic carbocycles. The van der Waals surface area contributed by atoms with Crippen molar-refractivity contribution in [3.63, 3.8) is 0 Å². The molecule has 5 rings (SSSR count). The molecule has 3 saturated carbocycles. The molecule has 0 aromatic rings. The van der Waals surface area contributed by atoms with Gasteiger partial charge in [-0.05, 0) is 72.5 Å². The molecular formula is C29H45NO5. The lowest BCUT2D eigenvalue weighted by molar-refractivity contribution is -0.229. The summed E-state index contributed by atoms with van der Waals surface area (Å²) in [6.07, 6.45) is 6.73. The number of hydrogen-bond acceptors (Lipinski definition) is 5. The minimum Gasteiger partial charge on any atom is -0.462 e. The Morgan fingerprint density at radius 2 is 1.60 bits per heavy atom. The Hall–Kier alpha value is -1.40. The largest absolute Gasteiger partial charge is 0.462 e. The van der Waals surface area contributed by atoms with Gasteiger partial charge in [0, 0.05) is 37.7 Å². The number of amides is 1. The quantitative estimate of drug-likeness (QED) is 0.567. The molecule has 196 valence electrons. The van der Waals surface area contributed by atoms with Crippen molar-refractivity contribution in [1.29, 1.82) is 0 Å². The average molecular weight is 488 g/mol. The van der Waals surface area contributed by atoms with Gasteiger partial charge in [-0.2, -0.15) is 0 Å². The highest BCUT2D eigenvalue weighted by Crippen LogP contribution is 2.73. The van der Waals surface area contributed by atoms with Gasteiger partial charge < -0.3 is 19.5 Å². The molecule has 1 heterocycles. The summed E-state index contributed by atoms with van der Waals surface area (Å²) in [6.45, 7) is 13.6. The molecule has 6 heteroatoms. The molecule has 0 spiro atoms. The van der Waals surface area contributed by atoms with Crippen molar-refractivity contribution in [1.82, 2.24) is 5.32 Å². The lowest BCUT2D eigenvalue weighted by Crippen LogP contribution is -2.66. The fourth-order valence-electron chi connectivity index (χ4n) is 10.4. The van der Waals surface area contributed by atoms with Gasteiger partial charge in [-0.15, -0.1) is 0 Å². The summed E-state index contributed by atoms with van der Waals surface area (Å²) >= 11 is 0. The second-order valence-electron chi connectivity index (χ2n) is 13.5. The number of methoxy groups -OCH3 is 2. The first kappa shape index (κ1) is 25.3. The van der Waals surface area contributed by atoms with Gasteiger partial charge >= 0.3 is 5.97 Å².